The van der Waals surface area contributed by atoms with E-state index in [2.05, 4.69) is 0 Å². The largest absolute Gasteiger partial charge is 0.481 e. The second-order valence-electron chi connectivity index (χ2n) is 5.72. The van der Waals surface area contributed by atoms with Gasteiger partial charge in [-0.3, -0.25) is 9.59 Å². The van der Waals surface area contributed by atoms with Gasteiger partial charge in [0.2, 0.25) is 0 Å². The Labute approximate surface area is 135 Å². The quantitative estimate of drug-likeness (QED) is 0.891. The maximum atomic E-state index is 13.0. The smallest absolute Gasteiger partial charge is 0.394 e. The van der Waals surface area contributed by atoms with E-state index in [-0.39, 0.29) is 10.6 Å². The summed E-state index contributed by atoms with van der Waals surface area (Å²) < 4.78 is 38.9. The number of carboxylic acid groups (broad SMARTS) is 1. The second kappa shape index (κ2) is 6.03. The van der Waals surface area contributed by atoms with E-state index in [9.17, 15) is 22.8 Å². The molecular weight excluding hydrogens is 335 g/mol. The summed E-state index contributed by atoms with van der Waals surface area (Å²) in [5.74, 6) is -5.98. The van der Waals surface area contributed by atoms with Crippen LogP contribution in [0.3, 0.4) is 0 Å². The maximum absolute atomic E-state index is 13.0. The second-order valence-corrected chi connectivity index (χ2v) is 6.13. The third kappa shape index (κ3) is 3.44. The Morgan fingerprint density at radius 3 is 2.26 bits per heavy atom. The van der Waals surface area contributed by atoms with E-state index in [0.717, 1.165) is 16.0 Å². The van der Waals surface area contributed by atoms with Crippen LogP contribution in [0.2, 0.25) is 5.02 Å². The highest BCUT2D eigenvalue weighted by Gasteiger charge is 2.53. The van der Waals surface area contributed by atoms with Gasteiger partial charge in [0.1, 0.15) is 0 Å². The van der Waals surface area contributed by atoms with Crippen molar-refractivity contribution in [1.82, 2.24) is 4.90 Å². The van der Waals surface area contributed by atoms with Crippen molar-refractivity contribution in [1.29, 1.82) is 0 Å². The number of hydrogen-bond acceptors (Lipinski definition) is 2. The lowest BCUT2D eigenvalue weighted by Crippen LogP contribution is -2.34. The van der Waals surface area contributed by atoms with Crippen molar-refractivity contribution in [3.8, 4) is 0 Å². The molecule has 1 aliphatic heterocycles. The van der Waals surface area contributed by atoms with Crippen molar-refractivity contribution < 1.29 is 27.9 Å². The van der Waals surface area contributed by atoms with Crippen LogP contribution in [0.5, 0.6) is 0 Å². The molecule has 1 amide bonds. The van der Waals surface area contributed by atoms with Crippen molar-refractivity contribution in [3.05, 3.63) is 33.8 Å². The SMILES string of the molecule is Cc1cc(Cl)c(C(=O)N2C[C@@H](C(F)(F)F)[C@H](C(=O)O)C2)cc1C. The average Bonchev–Trinajstić information content (AvgIpc) is 2.87. The molecule has 1 aliphatic rings. The highest BCUT2D eigenvalue weighted by molar-refractivity contribution is 6.34. The lowest BCUT2D eigenvalue weighted by Gasteiger charge is -2.19. The van der Waals surface area contributed by atoms with Crippen LogP contribution in [-0.2, 0) is 4.79 Å². The Hall–Kier alpha value is -1.76. The molecule has 1 N–H and O–H groups in total. The van der Waals surface area contributed by atoms with Crippen LogP contribution in [0.15, 0.2) is 12.1 Å². The van der Waals surface area contributed by atoms with E-state index < -0.39 is 43.0 Å². The normalized spacial score (nSPS) is 21.6. The van der Waals surface area contributed by atoms with Gasteiger partial charge in [-0.25, -0.2) is 0 Å². The van der Waals surface area contributed by atoms with Gasteiger partial charge in [0.15, 0.2) is 0 Å². The number of amides is 1. The van der Waals surface area contributed by atoms with Gasteiger partial charge in [0, 0.05) is 13.1 Å². The molecule has 1 fully saturated rings. The van der Waals surface area contributed by atoms with Crippen molar-refractivity contribution in [3.63, 3.8) is 0 Å². The first-order chi connectivity index (χ1) is 10.5. The van der Waals surface area contributed by atoms with Gasteiger partial charge in [-0.15, -0.1) is 0 Å². The van der Waals surface area contributed by atoms with Gasteiger partial charge in [-0.05, 0) is 37.1 Å². The molecular formula is C15H15ClF3NO3. The Morgan fingerprint density at radius 2 is 1.78 bits per heavy atom. The Balaban J connectivity index is 2.31. The molecule has 1 aromatic rings. The summed E-state index contributed by atoms with van der Waals surface area (Å²) in [6.07, 6.45) is -4.68. The summed E-state index contributed by atoms with van der Waals surface area (Å²) in [5.41, 5.74) is 1.71. The maximum Gasteiger partial charge on any atom is 0.394 e. The van der Waals surface area contributed by atoms with Crippen LogP contribution in [0.4, 0.5) is 13.2 Å². The zero-order valence-corrected chi connectivity index (χ0v) is 13.2. The molecule has 0 unspecified atom stereocenters. The summed E-state index contributed by atoms with van der Waals surface area (Å²) >= 11 is 6.01. The van der Waals surface area contributed by atoms with Crippen LogP contribution >= 0.6 is 11.6 Å². The molecule has 8 heteroatoms. The number of halogens is 4. The Morgan fingerprint density at radius 1 is 1.22 bits per heavy atom. The van der Waals surface area contributed by atoms with Gasteiger partial charge in [-0.1, -0.05) is 11.6 Å². The monoisotopic (exact) mass is 349 g/mol. The predicted octanol–water partition coefficient (Wildman–Crippen LogP) is 3.29. The van der Waals surface area contributed by atoms with E-state index >= 15 is 0 Å². The predicted molar refractivity (Wildman–Crippen MR) is 77.5 cm³/mol. The van der Waals surface area contributed by atoms with Crippen LogP contribution in [-0.4, -0.2) is 41.1 Å². The van der Waals surface area contributed by atoms with Crippen LogP contribution in [0, 0.1) is 25.7 Å². The molecule has 1 aromatic carbocycles. The standard InChI is InChI=1S/C15H15ClF3NO3/c1-7-3-9(12(16)4-8(7)2)13(21)20-5-10(14(22)23)11(6-20)15(17,18)19/h3-4,10-11H,5-6H2,1-2H3,(H,22,23)/t10-,11-/m1/s1. The number of aryl methyl sites for hydroxylation is 2. The third-order valence-corrected chi connectivity index (χ3v) is 4.47. The lowest BCUT2D eigenvalue weighted by molar-refractivity contribution is -0.187. The van der Waals surface area contributed by atoms with Crippen molar-refractivity contribution in [2.75, 3.05) is 13.1 Å². The minimum atomic E-state index is -4.68. The fourth-order valence-corrected chi connectivity index (χ4v) is 2.97. The van der Waals surface area contributed by atoms with Gasteiger partial charge >= 0.3 is 12.1 Å². The molecule has 1 heterocycles. The van der Waals surface area contributed by atoms with Gasteiger partial charge in [-0.2, -0.15) is 13.2 Å². The summed E-state index contributed by atoms with van der Waals surface area (Å²) in [7, 11) is 0. The van der Waals surface area contributed by atoms with E-state index in [1.807, 2.05) is 0 Å². The molecule has 126 valence electrons. The highest BCUT2D eigenvalue weighted by Crippen LogP contribution is 2.38. The molecule has 0 radical (unpaired) electrons. The summed E-state index contributed by atoms with van der Waals surface area (Å²) in [4.78, 5) is 24.4. The molecule has 0 aromatic heterocycles. The zero-order valence-electron chi connectivity index (χ0n) is 12.4. The summed E-state index contributed by atoms with van der Waals surface area (Å²) in [6, 6.07) is 3.08. The number of carbonyl (C=O) groups excluding carboxylic acids is 1. The van der Waals surface area contributed by atoms with Crippen LogP contribution < -0.4 is 0 Å². The first-order valence-electron chi connectivity index (χ1n) is 6.88. The molecule has 0 saturated carbocycles. The zero-order chi connectivity index (χ0) is 17.5. The molecule has 0 spiro atoms. The molecule has 1 saturated heterocycles. The van der Waals surface area contributed by atoms with Gasteiger partial charge < -0.3 is 10.0 Å². The number of rotatable bonds is 2. The van der Waals surface area contributed by atoms with E-state index in [0.29, 0.717) is 0 Å². The molecule has 0 aliphatic carbocycles. The first-order valence-corrected chi connectivity index (χ1v) is 7.25. The Kier molecular flexibility index (Phi) is 4.61. The highest BCUT2D eigenvalue weighted by atomic mass is 35.5. The molecule has 2 rings (SSSR count). The van der Waals surface area contributed by atoms with E-state index in [1.54, 1.807) is 19.9 Å². The number of aliphatic carboxylic acids is 1. The van der Waals surface area contributed by atoms with Gasteiger partial charge in [0.25, 0.3) is 5.91 Å². The topological polar surface area (TPSA) is 57.6 Å². The molecule has 4 nitrogen and oxygen atoms in total. The minimum absolute atomic E-state index is 0.0849. The number of benzene rings is 1. The number of carbonyl (C=O) groups is 2. The molecule has 2 atom stereocenters. The van der Waals surface area contributed by atoms with Crippen molar-refractivity contribution >= 4 is 23.5 Å². The average molecular weight is 350 g/mol. The minimum Gasteiger partial charge on any atom is -0.481 e. The first kappa shape index (κ1) is 17.6. The summed E-state index contributed by atoms with van der Waals surface area (Å²) in [6.45, 7) is 2.39. The van der Waals surface area contributed by atoms with E-state index in [1.165, 1.54) is 6.07 Å². The number of hydrogen-bond donors (Lipinski definition) is 1. The summed E-state index contributed by atoms with van der Waals surface area (Å²) in [5, 5.41) is 9.13. The number of carboxylic acids is 1. The number of alkyl halides is 3. The number of likely N-dealkylation sites (tertiary alicyclic amines) is 1. The lowest BCUT2D eigenvalue weighted by atomic mass is 9.96. The molecule has 23 heavy (non-hydrogen) atoms. The third-order valence-electron chi connectivity index (χ3n) is 4.16. The fraction of sp³-hybridized carbons (Fsp3) is 0.467. The number of nitrogens with zero attached hydrogens (tertiary/aromatic N) is 1. The van der Waals surface area contributed by atoms with Crippen LogP contribution in [0.25, 0.3) is 0 Å². The van der Waals surface area contributed by atoms with Crippen molar-refractivity contribution in [2.45, 2.75) is 20.0 Å². The van der Waals surface area contributed by atoms with E-state index in [4.69, 9.17) is 16.7 Å². The van der Waals surface area contributed by atoms with Crippen molar-refractivity contribution in [2.24, 2.45) is 11.8 Å². The van der Waals surface area contributed by atoms with Gasteiger partial charge in [0.05, 0.1) is 22.4 Å². The molecule has 0 bridgehead atoms. The fourth-order valence-electron chi connectivity index (χ4n) is 2.67. The Bertz CT molecular complexity index is 660. The van der Waals surface area contributed by atoms with Crippen LogP contribution in [0.1, 0.15) is 21.5 Å².